The molecule has 86 valence electrons. The van der Waals surface area contributed by atoms with E-state index in [2.05, 4.69) is 0 Å². The monoisotopic (exact) mass is 224 g/mol. The summed E-state index contributed by atoms with van der Waals surface area (Å²) in [6, 6.07) is 4.38. The topological polar surface area (TPSA) is 46.5 Å². The van der Waals surface area contributed by atoms with E-state index in [1.807, 2.05) is 0 Å². The zero-order valence-electron chi connectivity index (χ0n) is 9.11. The highest BCUT2D eigenvalue weighted by molar-refractivity contribution is 5.85. The highest BCUT2D eigenvalue weighted by Crippen LogP contribution is 2.24. The number of carboxylic acids is 1. The van der Waals surface area contributed by atoms with Gasteiger partial charge in [-0.1, -0.05) is 12.1 Å². The molecule has 0 spiro atoms. The van der Waals surface area contributed by atoms with Crippen LogP contribution in [0.15, 0.2) is 24.3 Å². The number of halogens is 1. The van der Waals surface area contributed by atoms with Crippen LogP contribution in [-0.4, -0.2) is 17.2 Å². The molecular weight excluding hydrogens is 211 g/mol. The number of aliphatic carboxylic acids is 1. The van der Waals surface area contributed by atoms with Crippen molar-refractivity contribution in [1.82, 2.24) is 0 Å². The Morgan fingerprint density at radius 2 is 2.19 bits per heavy atom. The van der Waals surface area contributed by atoms with Crippen molar-refractivity contribution in [3.63, 3.8) is 0 Å². The number of hydrogen-bond acceptors (Lipinski definition) is 2. The summed E-state index contributed by atoms with van der Waals surface area (Å²) >= 11 is 0. The molecule has 3 nitrogen and oxygen atoms in total. The average molecular weight is 224 g/mol. The van der Waals surface area contributed by atoms with E-state index in [4.69, 9.17) is 9.84 Å². The van der Waals surface area contributed by atoms with Crippen LogP contribution in [0.2, 0.25) is 0 Å². The van der Waals surface area contributed by atoms with Gasteiger partial charge in [0.2, 0.25) is 0 Å². The van der Waals surface area contributed by atoms with Crippen molar-refractivity contribution in [2.75, 3.05) is 0 Å². The lowest BCUT2D eigenvalue weighted by molar-refractivity contribution is -0.131. The average Bonchev–Trinajstić information content (AvgIpc) is 2.18. The molecule has 1 aromatic carbocycles. The molecular formula is C12H13FO3. The van der Waals surface area contributed by atoms with E-state index in [1.165, 1.54) is 18.2 Å². The summed E-state index contributed by atoms with van der Waals surface area (Å²) in [6.07, 6.45) is 2.08. The molecule has 0 unspecified atom stereocenters. The standard InChI is InChI=1S/C12H13FO3/c1-8(2)16-12-9(6-7-11(14)15)4-3-5-10(12)13/h3-8H,1-2H3,(H,14,15)/b7-6+. The molecule has 0 saturated heterocycles. The molecule has 0 bridgehead atoms. The first-order valence-corrected chi connectivity index (χ1v) is 4.87. The summed E-state index contributed by atoms with van der Waals surface area (Å²) in [5, 5.41) is 8.50. The smallest absolute Gasteiger partial charge is 0.328 e. The highest BCUT2D eigenvalue weighted by Gasteiger charge is 2.09. The lowest BCUT2D eigenvalue weighted by atomic mass is 10.1. The van der Waals surface area contributed by atoms with Gasteiger partial charge in [-0.15, -0.1) is 0 Å². The molecule has 0 heterocycles. The van der Waals surface area contributed by atoms with Gasteiger partial charge in [0.1, 0.15) is 0 Å². The predicted octanol–water partition coefficient (Wildman–Crippen LogP) is 2.71. The van der Waals surface area contributed by atoms with Crippen molar-refractivity contribution < 1.29 is 19.0 Å². The molecule has 0 aliphatic rings. The summed E-state index contributed by atoms with van der Waals surface area (Å²) in [5.74, 6) is -1.50. The number of benzene rings is 1. The molecule has 1 N–H and O–H groups in total. The Bertz CT molecular complexity index is 411. The molecule has 0 radical (unpaired) electrons. The van der Waals surface area contributed by atoms with Crippen LogP contribution in [0.3, 0.4) is 0 Å². The van der Waals surface area contributed by atoms with Crippen molar-refractivity contribution >= 4 is 12.0 Å². The summed E-state index contributed by atoms with van der Waals surface area (Å²) in [5.41, 5.74) is 0.413. The van der Waals surface area contributed by atoms with Gasteiger partial charge in [0, 0.05) is 11.6 Å². The fourth-order valence-corrected chi connectivity index (χ4v) is 1.18. The Morgan fingerprint density at radius 1 is 1.50 bits per heavy atom. The molecule has 0 aromatic heterocycles. The van der Waals surface area contributed by atoms with Gasteiger partial charge in [0.25, 0.3) is 0 Å². The zero-order chi connectivity index (χ0) is 12.1. The van der Waals surface area contributed by atoms with E-state index in [-0.39, 0.29) is 11.9 Å². The summed E-state index contributed by atoms with van der Waals surface area (Å²) in [4.78, 5) is 10.4. The molecule has 0 saturated carbocycles. The van der Waals surface area contributed by atoms with Crippen LogP contribution in [0.5, 0.6) is 5.75 Å². The number of hydrogen-bond donors (Lipinski definition) is 1. The van der Waals surface area contributed by atoms with Gasteiger partial charge in [-0.3, -0.25) is 0 Å². The molecule has 4 heteroatoms. The van der Waals surface area contributed by atoms with Crippen LogP contribution >= 0.6 is 0 Å². The van der Waals surface area contributed by atoms with Crippen molar-refractivity contribution in [3.8, 4) is 5.75 Å². The van der Waals surface area contributed by atoms with Gasteiger partial charge in [0.05, 0.1) is 6.10 Å². The van der Waals surface area contributed by atoms with Crippen molar-refractivity contribution in [2.45, 2.75) is 20.0 Å². The fraction of sp³-hybridized carbons (Fsp3) is 0.250. The quantitative estimate of drug-likeness (QED) is 0.800. The third kappa shape index (κ3) is 3.38. The van der Waals surface area contributed by atoms with Crippen molar-refractivity contribution in [2.24, 2.45) is 0 Å². The number of carboxylic acid groups (broad SMARTS) is 1. The van der Waals surface area contributed by atoms with Gasteiger partial charge in [-0.25, -0.2) is 9.18 Å². The zero-order valence-corrected chi connectivity index (χ0v) is 9.11. The van der Waals surface area contributed by atoms with Gasteiger partial charge in [-0.05, 0) is 26.0 Å². The lowest BCUT2D eigenvalue weighted by Crippen LogP contribution is -2.08. The van der Waals surface area contributed by atoms with Crippen LogP contribution < -0.4 is 4.74 Å². The molecule has 0 aliphatic heterocycles. The summed E-state index contributed by atoms with van der Waals surface area (Å²) in [7, 11) is 0. The van der Waals surface area contributed by atoms with E-state index in [0.717, 1.165) is 6.08 Å². The number of ether oxygens (including phenoxy) is 1. The minimum Gasteiger partial charge on any atom is -0.487 e. The van der Waals surface area contributed by atoms with Crippen LogP contribution in [0.25, 0.3) is 6.08 Å². The third-order valence-electron chi connectivity index (χ3n) is 1.76. The molecule has 1 aromatic rings. The molecule has 0 amide bonds. The molecule has 0 fully saturated rings. The largest absolute Gasteiger partial charge is 0.487 e. The second-order valence-corrected chi connectivity index (χ2v) is 3.50. The number of rotatable bonds is 4. The summed E-state index contributed by atoms with van der Waals surface area (Å²) < 4.78 is 18.7. The summed E-state index contributed by atoms with van der Waals surface area (Å²) in [6.45, 7) is 3.55. The minimum absolute atomic E-state index is 0.0787. The first kappa shape index (κ1) is 12.2. The minimum atomic E-state index is -1.08. The second-order valence-electron chi connectivity index (χ2n) is 3.50. The van der Waals surface area contributed by atoms with E-state index >= 15 is 0 Å². The van der Waals surface area contributed by atoms with E-state index < -0.39 is 11.8 Å². The Kier molecular flexibility index (Phi) is 4.05. The van der Waals surface area contributed by atoms with Gasteiger partial charge in [-0.2, -0.15) is 0 Å². The van der Waals surface area contributed by atoms with E-state index in [1.54, 1.807) is 19.9 Å². The molecule has 1 rings (SSSR count). The predicted molar refractivity (Wildman–Crippen MR) is 58.8 cm³/mol. The highest BCUT2D eigenvalue weighted by atomic mass is 19.1. The first-order valence-electron chi connectivity index (χ1n) is 4.87. The maximum absolute atomic E-state index is 13.4. The van der Waals surface area contributed by atoms with E-state index in [0.29, 0.717) is 5.56 Å². The lowest BCUT2D eigenvalue weighted by Gasteiger charge is -2.12. The van der Waals surface area contributed by atoms with Crippen molar-refractivity contribution in [3.05, 3.63) is 35.7 Å². The van der Waals surface area contributed by atoms with Gasteiger partial charge in [0.15, 0.2) is 11.6 Å². The van der Waals surface area contributed by atoms with Crippen molar-refractivity contribution in [1.29, 1.82) is 0 Å². The number of carbonyl (C=O) groups is 1. The van der Waals surface area contributed by atoms with E-state index in [9.17, 15) is 9.18 Å². The maximum Gasteiger partial charge on any atom is 0.328 e. The Morgan fingerprint density at radius 3 is 2.75 bits per heavy atom. The Labute approximate surface area is 93.2 Å². The molecule has 16 heavy (non-hydrogen) atoms. The number of para-hydroxylation sites is 1. The second kappa shape index (κ2) is 5.30. The molecule has 0 aliphatic carbocycles. The fourth-order valence-electron chi connectivity index (χ4n) is 1.18. The van der Waals surface area contributed by atoms with Crippen LogP contribution in [0.4, 0.5) is 4.39 Å². The SMILES string of the molecule is CC(C)Oc1c(F)cccc1/C=C/C(=O)O. The maximum atomic E-state index is 13.4. The first-order chi connectivity index (χ1) is 7.50. The van der Waals surface area contributed by atoms with Crippen LogP contribution in [0, 0.1) is 5.82 Å². The Balaban J connectivity index is 3.07. The molecule has 0 atom stereocenters. The third-order valence-corrected chi connectivity index (χ3v) is 1.76. The van der Waals surface area contributed by atoms with Crippen LogP contribution in [0.1, 0.15) is 19.4 Å². The Hall–Kier alpha value is -1.84. The normalized spacial score (nSPS) is 11.0. The van der Waals surface area contributed by atoms with Gasteiger partial charge < -0.3 is 9.84 Å². The van der Waals surface area contributed by atoms with Crippen LogP contribution in [-0.2, 0) is 4.79 Å². The van der Waals surface area contributed by atoms with Gasteiger partial charge >= 0.3 is 5.97 Å².